The SMILES string of the molecule is CC(C)CC(=O)N1CC(NC(=O)OC(C)(C)C)CC(C(=O)O)C1. The van der Waals surface area contributed by atoms with Gasteiger partial charge in [0.25, 0.3) is 0 Å². The molecule has 0 radical (unpaired) electrons. The van der Waals surface area contributed by atoms with Crippen LogP contribution in [0.15, 0.2) is 0 Å². The second-order valence-electron chi connectivity index (χ2n) is 7.51. The van der Waals surface area contributed by atoms with Crippen LogP contribution in [0.25, 0.3) is 0 Å². The minimum atomic E-state index is -0.956. The van der Waals surface area contributed by atoms with Gasteiger partial charge >= 0.3 is 12.1 Å². The Morgan fingerprint density at radius 2 is 1.87 bits per heavy atom. The third-order valence-corrected chi connectivity index (χ3v) is 3.46. The van der Waals surface area contributed by atoms with Gasteiger partial charge in [0.1, 0.15) is 5.60 Å². The number of carbonyl (C=O) groups is 3. The molecule has 0 aromatic carbocycles. The zero-order valence-electron chi connectivity index (χ0n) is 14.6. The first kappa shape index (κ1) is 19.3. The highest BCUT2D eigenvalue weighted by Crippen LogP contribution is 2.20. The summed E-state index contributed by atoms with van der Waals surface area (Å²) in [7, 11) is 0. The summed E-state index contributed by atoms with van der Waals surface area (Å²) < 4.78 is 5.20. The van der Waals surface area contributed by atoms with Gasteiger partial charge in [0, 0.05) is 19.5 Å². The fraction of sp³-hybridized carbons (Fsp3) is 0.812. The van der Waals surface area contributed by atoms with Crippen LogP contribution < -0.4 is 5.32 Å². The van der Waals surface area contributed by atoms with E-state index in [2.05, 4.69) is 5.32 Å². The number of amides is 2. The van der Waals surface area contributed by atoms with Gasteiger partial charge in [-0.15, -0.1) is 0 Å². The van der Waals surface area contributed by atoms with Crippen molar-refractivity contribution in [2.45, 2.75) is 59.1 Å². The molecule has 0 aromatic rings. The molecular formula is C16H28N2O5. The minimum Gasteiger partial charge on any atom is -0.481 e. The molecule has 0 aromatic heterocycles. The maximum atomic E-state index is 12.2. The van der Waals surface area contributed by atoms with Crippen molar-refractivity contribution in [2.24, 2.45) is 11.8 Å². The van der Waals surface area contributed by atoms with Gasteiger partial charge in [-0.3, -0.25) is 9.59 Å². The number of likely N-dealkylation sites (tertiary alicyclic amines) is 1. The molecule has 23 heavy (non-hydrogen) atoms. The second-order valence-corrected chi connectivity index (χ2v) is 7.51. The predicted octanol–water partition coefficient (Wildman–Crippen LogP) is 1.86. The van der Waals surface area contributed by atoms with Crippen LogP contribution in [0.1, 0.15) is 47.5 Å². The fourth-order valence-corrected chi connectivity index (χ4v) is 2.54. The van der Waals surface area contributed by atoms with Crippen LogP contribution in [-0.4, -0.2) is 52.7 Å². The number of aliphatic carboxylic acids is 1. The van der Waals surface area contributed by atoms with Crippen LogP contribution in [0.2, 0.25) is 0 Å². The quantitative estimate of drug-likeness (QED) is 0.821. The molecule has 0 saturated carbocycles. The number of carboxylic acids is 1. The average Bonchev–Trinajstić information content (AvgIpc) is 2.34. The van der Waals surface area contributed by atoms with E-state index in [1.54, 1.807) is 20.8 Å². The Hall–Kier alpha value is -1.79. The summed E-state index contributed by atoms with van der Waals surface area (Å²) in [5.74, 6) is -1.52. The number of ether oxygens (including phenoxy) is 1. The van der Waals surface area contributed by atoms with Crippen LogP contribution in [-0.2, 0) is 14.3 Å². The van der Waals surface area contributed by atoms with Gasteiger partial charge in [0.05, 0.1) is 12.0 Å². The van der Waals surface area contributed by atoms with Gasteiger partial charge in [-0.1, -0.05) is 13.8 Å². The summed E-state index contributed by atoms with van der Waals surface area (Å²) in [5.41, 5.74) is -0.627. The predicted molar refractivity (Wildman–Crippen MR) is 84.9 cm³/mol. The first-order valence-corrected chi connectivity index (χ1v) is 7.98. The van der Waals surface area contributed by atoms with Crippen molar-refractivity contribution < 1.29 is 24.2 Å². The molecule has 1 rings (SSSR count). The number of carbonyl (C=O) groups excluding carboxylic acids is 2. The van der Waals surface area contributed by atoms with E-state index in [9.17, 15) is 19.5 Å². The average molecular weight is 328 g/mol. The van der Waals surface area contributed by atoms with Crippen LogP contribution in [0.4, 0.5) is 4.79 Å². The van der Waals surface area contributed by atoms with Gasteiger partial charge in [0.2, 0.25) is 5.91 Å². The molecule has 1 saturated heterocycles. The number of hydrogen-bond acceptors (Lipinski definition) is 4. The molecule has 2 amide bonds. The van der Waals surface area contributed by atoms with E-state index in [-0.39, 0.29) is 18.4 Å². The Kier molecular flexibility index (Phi) is 6.41. The van der Waals surface area contributed by atoms with Crippen LogP contribution in [0.5, 0.6) is 0 Å². The molecule has 2 unspecified atom stereocenters. The highest BCUT2D eigenvalue weighted by atomic mass is 16.6. The zero-order chi connectivity index (χ0) is 17.8. The highest BCUT2D eigenvalue weighted by Gasteiger charge is 2.35. The number of hydrogen-bond donors (Lipinski definition) is 2. The topological polar surface area (TPSA) is 95.9 Å². The molecular weight excluding hydrogens is 300 g/mol. The Bertz CT molecular complexity index is 456. The number of piperidine rings is 1. The number of rotatable bonds is 4. The first-order chi connectivity index (χ1) is 10.5. The summed E-state index contributed by atoms with van der Waals surface area (Å²) in [6.45, 7) is 9.64. The van der Waals surface area contributed by atoms with Gasteiger partial charge in [0.15, 0.2) is 0 Å². The van der Waals surface area contributed by atoms with E-state index in [0.29, 0.717) is 19.4 Å². The summed E-state index contributed by atoms with van der Waals surface area (Å²) >= 11 is 0. The number of carboxylic acid groups (broad SMARTS) is 1. The van der Waals surface area contributed by atoms with Crippen molar-refractivity contribution in [3.63, 3.8) is 0 Å². The molecule has 7 nitrogen and oxygen atoms in total. The zero-order valence-corrected chi connectivity index (χ0v) is 14.6. The maximum absolute atomic E-state index is 12.2. The van der Waals surface area contributed by atoms with Gasteiger partial charge in [-0.25, -0.2) is 4.79 Å². The summed E-state index contributed by atoms with van der Waals surface area (Å²) in [4.78, 5) is 37.0. The lowest BCUT2D eigenvalue weighted by atomic mass is 9.93. The lowest BCUT2D eigenvalue weighted by Gasteiger charge is -2.37. The molecule has 0 bridgehead atoms. The summed E-state index contributed by atoms with van der Waals surface area (Å²) in [6, 6.07) is -0.421. The first-order valence-electron chi connectivity index (χ1n) is 7.98. The molecule has 1 aliphatic rings. The number of nitrogens with one attached hydrogen (secondary N) is 1. The third kappa shape index (κ3) is 6.88. The van der Waals surface area contributed by atoms with Gasteiger partial charge in [-0.2, -0.15) is 0 Å². The van der Waals surface area contributed by atoms with Crippen molar-refractivity contribution in [1.82, 2.24) is 10.2 Å². The Balaban J connectivity index is 2.73. The normalized spacial score (nSPS) is 21.9. The molecule has 2 atom stereocenters. The number of nitrogens with zero attached hydrogens (tertiary/aromatic N) is 1. The van der Waals surface area contributed by atoms with Crippen LogP contribution in [0.3, 0.4) is 0 Å². The fourth-order valence-electron chi connectivity index (χ4n) is 2.54. The standard InChI is InChI=1S/C16H28N2O5/c1-10(2)6-13(19)18-8-11(14(20)21)7-12(9-18)17-15(22)23-16(3,4)5/h10-12H,6-9H2,1-5H3,(H,17,22)(H,20,21). The van der Waals surface area contributed by atoms with Crippen molar-refractivity contribution in [3.05, 3.63) is 0 Å². The lowest BCUT2D eigenvalue weighted by Crippen LogP contribution is -2.54. The molecule has 1 heterocycles. The van der Waals surface area contributed by atoms with Gasteiger partial charge < -0.3 is 20.1 Å². The minimum absolute atomic E-state index is 0.0815. The molecule has 1 aliphatic heterocycles. The molecule has 0 spiro atoms. The van der Waals surface area contributed by atoms with Crippen molar-refractivity contribution in [1.29, 1.82) is 0 Å². The second kappa shape index (κ2) is 7.66. The van der Waals surface area contributed by atoms with E-state index in [0.717, 1.165) is 0 Å². The van der Waals surface area contributed by atoms with Crippen LogP contribution >= 0.6 is 0 Å². The van der Waals surface area contributed by atoms with E-state index in [1.165, 1.54) is 4.90 Å². The molecule has 132 valence electrons. The highest BCUT2D eigenvalue weighted by molar-refractivity contribution is 5.78. The number of alkyl carbamates (subject to hydrolysis) is 1. The smallest absolute Gasteiger partial charge is 0.407 e. The summed E-state index contributed by atoms with van der Waals surface area (Å²) in [5, 5.41) is 12.0. The molecule has 1 fully saturated rings. The van der Waals surface area contributed by atoms with E-state index < -0.39 is 29.6 Å². The van der Waals surface area contributed by atoms with E-state index >= 15 is 0 Å². The van der Waals surface area contributed by atoms with Crippen molar-refractivity contribution >= 4 is 18.0 Å². The molecule has 0 aliphatic carbocycles. The largest absolute Gasteiger partial charge is 0.481 e. The maximum Gasteiger partial charge on any atom is 0.407 e. The van der Waals surface area contributed by atoms with E-state index in [1.807, 2.05) is 13.8 Å². The Labute approximate surface area is 137 Å². The van der Waals surface area contributed by atoms with Gasteiger partial charge in [-0.05, 0) is 33.1 Å². The van der Waals surface area contributed by atoms with Crippen molar-refractivity contribution in [3.8, 4) is 0 Å². The van der Waals surface area contributed by atoms with Crippen molar-refractivity contribution in [2.75, 3.05) is 13.1 Å². The van der Waals surface area contributed by atoms with E-state index in [4.69, 9.17) is 4.74 Å². The molecule has 2 N–H and O–H groups in total. The third-order valence-electron chi connectivity index (χ3n) is 3.46. The van der Waals surface area contributed by atoms with Crippen LogP contribution in [0, 0.1) is 11.8 Å². The Morgan fingerprint density at radius 3 is 2.35 bits per heavy atom. The monoisotopic (exact) mass is 328 g/mol. The summed E-state index contributed by atoms with van der Waals surface area (Å²) in [6.07, 6.45) is 0.0655. The Morgan fingerprint density at radius 1 is 1.26 bits per heavy atom. The molecule has 7 heteroatoms. The lowest BCUT2D eigenvalue weighted by molar-refractivity contribution is -0.146.